The fraction of sp³-hybridized carbons (Fsp3) is 0.458. The number of ether oxygens (including phenoxy) is 2. The highest BCUT2D eigenvalue weighted by Gasteiger charge is 2.28. The van der Waals surface area contributed by atoms with Gasteiger partial charge in [0, 0.05) is 26.2 Å². The van der Waals surface area contributed by atoms with Crippen molar-refractivity contribution in [3.63, 3.8) is 0 Å². The van der Waals surface area contributed by atoms with Crippen LogP contribution in [0.2, 0.25) is 0 Å². The maximum atomic E-state index is 12.3. The number of carbonyl (C=O) groups is 2. The lowest BCUT2D eigenvalue weighted by Crippen LogP contribution is -2.49. The molecule has 12 heteroatoms. The lowest BCUT2D eigenvalue weighted by molar-refractivity contribution is 0.0500. The third-order valence-corrected chi connectivity index (χ3v) is 5.83. The summed E-state index contributed by atoms with van der Waals surface area (Å²) in [4.78, 5) is 35.4. The number of hydrogen-bond acceptors (Lipinski definition) is 9. The van der Waals surface area contributed by atoms with Gasteiger partial charge in [0.25, 0.3) is 5.91 Å². The average molecular weight is 497 g/mol. The minimum Gasteiger partial charge on any atom is -0.480 e. The topological polar surface area (TPSA) is 149 Å². The van der Waals surface area contributed by atoms with Crippen LogP contribution in [0.1, 0.15) is 44.0 Å². The minimum absolute atomic E-state index is 0.0945. The van der Waals surface area contributed by atoms with Crippen LogP contribution in [0.5, 0.6) is 5.88 Å². The van der Waals surface area contributed by atoms with E-state index >= 15 is 0 Å². The predicted molar refractivity (Wildman–Crippen MR) is 135 cm³/mol. The van der Waals surface area contributed by atoms with Crippen LogP contribution in [0.15, 0.2) is 24.5 Å². The summed E-state index contributed by atoms with van der Waals surface area (Å²) < 4.78 is 12.5. The van der Waals surface area contributed by atoms with Crippen LogP contribution in [-0.2, 0) is 4.74 Å². The summed E-state index contributed by atoms with van der Waals surface area (Å²) in [6, 6.07) is 5.24. The molecule has 1 aliphatic rings. The molecule has 0 aromatic carbocycles. The molecule has 0 spiro atoms. The van der Waals surface area contributed by atoms with E-state index in [1.807, 2.05) is 26.8 Å². The number of piperidine rings is 1. The molecule has 1 saturated heterocycles. The van der Waals surface area contributed by atoms with Gasteiger partial charge in [-0.05, 0) is 51.8 Å². The second kappa shape index (κ2) is 9.88. The second-order valence-electron chi connectivity index (χ2n) is 9.58. The van der Waals surface area contributed by atoms with Gasteiger partial charge in [-0.3, -0.25) is 4.79 Å². The molecule has 12 nitrogen and oxygen atoms in total. The van der Waals surface area contributed by atoms with Crippen LogP contribution >= 0.6 is 0 Å². The molecule has 0 bridgehead atoms. The Hall–Kier alpha value is -4.09. The molecular formula is C24H32N8O4. The Labute approximate surface area is 209 Å². The first kappa shape index (κ1) is 25.0. The fourth-order valence-electron chi connectivity index (χ4n) is 4.31. The second-order valence-corrected chi connectivity index (χ2v) is 9.58. The van der Waals surface area contributed by atoms with E-state index < -0.39 is 11.7 Å². The molecule has 4 N–H and O–H groups in total. The molecular weight excluding hydrogens is 464 g/mol. The number of methoxy groups -OCH3 is 1. The lowest BCUT2D eigenvalue weighted by Gasteiger charge is -2.34. The Morgan fingerprint density at radius 3 is 2.72 bits per heavy atom. The Kier molecular flexibility index (Phi) is 6.86. The van der Waals surface area contributed by atoms with Gasteiger partial charge in [-0.1, -0.05) is 0 Å². The lowest BCUT2D eigenvalue weighted by atomic mass is 10.1. The molecule has 1 atom stereocenters. The first-order valence-electron chi connectivity index (χ1n) is 11.8. The summed E-state index contributed by atoms with van der Waals surface area (Å²) in [6.07, 6.45) is 2.65. The predicted octanol–water partition coefficient (Wildman–Crippen LogP) is 2.24. The van der Waals surface area contributed by atoms with E-state index in [1.165, 1.54) is 13.4 Å². The fourth-order valence-corrected chi connectivity index (χ4v) is 4.31. The first-order valence-corrected chi connectivity index (χ1v) is 11.8. The number of anilines is 2. The zero-order valence-corrected chi connectivity index (χ0v) is 21.2. The molecule has 3 aromatic heterocycles. The van der Waals surface area contributed by atoms with E-state index in [-0.39, 0.29) is 17.8 Å². The number of rotatable bonds is 5. The quantitative estimate of drug-likeness (QED) is 0.483. The van der Waals surface area contributed by atoms with Gasteiger partial charge in [-0.2, -0.15) is 5.10 Å². The van der Waals surface area contributed by atoms with Crippen LogP contribution in [0.4, 0.5) is 16.3 Å². The van der Waals surface area contributed by atoms with Crippen molar-refractivity contribution in [1.82, 2.24) is 30.2 Å². The number of alkyl carbamates (subject to hydrolysis) is 1. The molecule has 0 radical (unpaired) electrons. The van der Waals surface area contributed by atoms with Crippen LogP contribution in [0, 0.1) is 0 Å². The number of amides is 2. The Bertz CT molecular complexity index is 1280. The van der Waals surface area contributed by atoms with Gasteiger partial charge in [0.1, 0.15) is 23.0 Å². The van der Waals surface area contributed by atoms with E-state index in [0.717, 1.165) is 25.1 Å². The maximum absolute atomic E-state index is 12.3. The van der Waals surface area contributed by atoms with Gasteiger partial charge >= 0.3 is 6.09 Å². The van der Waals surface area contributed by atoms with Gasteiger partial charge in [0.05, 0.1) is 24.2 Å². The molecule has 0 saturated carbocycles. The van der Waals surface area contributed by atoms with Crippen molar-refractivity contribution in [2.45, 2.75) is 45.3 Å². The van der Waals surface area contributed by atoms with Crippen molar-refractivity contribution in [2.75, 3.05) is 37.9 Å². The zero-order valence-electron chi connectivity index (χ0n) is 21.2. The molecule has 1 aliphatic heterocycles. The van der Waals surface area contributed by atoms with E-state index in [9.17, 15) is 9.59 Å². The van der Waals surface area contributed by atoms with Crippen molar-refractivity contribution in [3.05, 3.63) is 30.1 Å². The van der Waals surface area contributed by atoms with Gasteiger partial charge in [0.15, 0.2) is 5.82 Å². The SMILES string of the molecule is CNC(=O)c1ccc(-c2cc(N3CCC[C@@H](NC(=O)OC(C)(C)C)C3)c3c(N)ncnn23)nc1OC. The number of carbonyl (C=O) groups excluding carboxylic acids is 2. The van der Waals surface area contributed by atoms with Gasteiger partial charge in [-0.15, -0.1) is 0 Å². The molecule has 0 unspecified atom stereocenters. The highest BCUT2D eigenvalue weighted by Crippen LogP contribution is 2.35. The Balaban J connectivity index is 1.69. The maximum Gasteiger partial charge on any atom is 0.407 e. The number of nitrogen functional groups attached to an aromatic ring is 1. The summed E-state index contributed by atoms with van der Waals surface area (Å²) in [7, 11) is 3.01. The van der Waals surface area contributed by atoms with Crippen molar-refractivity contribution >= 4 is 29.0 Å². The number of aromatic nitrogens is 4. The molecule has 4 heterocycles. The smallest absolute Gasteiger partial charge is 0.407 e. The summed E-state index contributed by atoms with van der Waals surface area (Å²) in [6.45, 7) is 6.84. The normalized spacial score (nSPS) is 16.0. The molecule has 3 aromatic rings. The van der Waals surface area contributed by atoms with Crippen LogP contribution in [-0.4, -0.2) is 70.5 Å². The summed E-state index contributed by atoms with van der Waals surface area (Å²) in [5, 5.41) is 9.98. The Morgan fingerprint density at radius 2 is 2.03 bits per heavy atom. The molecule has 2 amide bonds. The number of nitrogens with two attached hydrogens (primary N) is 1. The number of hydrogen-bond donors (Lipinski definition) is 3. The van der Waals surface area contributed by atoms with Gasteiger partial charge in [-0.25, -0.2) is 19.3 Å². The zero-order chi connectivity index (χ0) is 26.0. The van der Waals surface area contributed by atoms with E-state index in [2.05, 4.69) is 30.6 Å². The monoisotopic (exact) mass is 496 g/mol. The molecule has 1 fully saturated rings. The summed E-state index contributed by atoms with van der Waals surface area (Å²) >= 11 is 0. The van der Waals surface area contributed by atoms with Gasteiger partial charge in [0.2, 0.25) is 5.88 Å². The average Bonchev–Trinajstić information content (AvgIpc) is 3.23. The van der Waals surface area contributed by atoms with Gasteiger partial charge < -0.3 is 30.7 Å². The van der Waals surface area contributed by atoms with Crippen molar-refractivity contribution < 1.29 is 19.1 Å². The van der Waals surface area contributed by atoms with Crippen LogP contribution in [0.3, 0.4) is 0 Å². The molecule has 4 rings (SSSR count). The number of nitrogens with one attached hydrogen (secondary N) is 2. The summed E-state index contributed by atoms with van der Waals surface area (Å²) in [5.41, 5.74) is 8.73. The molecule has 0 aliphatic carbocycles. The molecule has 36 heavy (non-hydrogen) atoms. The highest BCUT2D eigenvalue weighted by molar-refractivity contribution is 5.96. The third-order valence-electron chi connectivity index (χ3n) is 5.83. The number of pyridine rings is 1. The number of fused-ring (bicyclic) bond motifs is 1. The largest absolute Gasteiger partial charge is 0.480 e. The standard InChI is InChI=1S/C24H32N8O4/c1-24(2,3)36-23(34)29-14-7-6-10-31(12-14)18-11-17(32-19(18)20(25)27-13-28-32)16-9-8-15(21(33)26-4)22(30-16)35-5/h8-9,11,13-14H,6-7,10,12H2,1-5H3,(H,26,33)(H,29,34)(H2,25,27,28)/t14-/m1/s1. The number of nitrogens with zero attached hydrogens (tertiary/aromatic N) is 5. The van der Waals surface area contributed by atoms with Crippen molar-refractivity contribution in [3.8, 4) is 17.3 Å². The Morgan fingerprint density at radius 1 is 1.25 bits per heavy atom. The van der Waals surface area contributed by atoms with Crippen molar-refractivity contribution in [2.24, 2.45) is 0 Å². The highest BCUT2D eigenvalue weighted by atomic mass is 16.6. The minimum atomic E-state index is -0.570. The molecule has 192 valence electrons. The van der Waals surface area contributed by atoms with Crippen molar-refractivity contribution in [1.29, 1.82) is 0 Å². The van der Waals surface area contributed by atoms with E-state index in [0.29, 0.717) is 34.8 Å². The van der Waals surface area contributed by atoms with E-state index in [4.69, 9.17) is 15.2 Å². The van der Waals surface area contributed by atoms with Crippen LogP contribution < -0.4 is 26.0 Å². The summed E-state index contributed by atoms with van der Waals surface area (Å²) in [5.74, 6) is 0.224. The van der Waals surface area contributed by atoms with Crippen LogP contribution in [0.25, 0.3) is 16.9 Å². The van der Waals surface area contributed by atoms with E-state index in [1.54, 1.807) is 23.7 Å². The first-order chi connectivity index (χ1) is 17.1. The third kappa shape index (κ3) is 5.11.